The lowest BCUT2D eigenvalue weighted by Crippen LogP contribution is -2.04. The molecule has 0 atom stereocenters. The summed E-state index contributed by atoms with van der Waals surface area (Å²) >= 11 is 0. The Balaban J connectivity index is 1.87. The van der Waals surface area contributed by atoms with Gasteiger partial charge in [-0.15, -0.1) is 0 Å². The molecule has 0 bridgehead atoms. The molecule has 0 amide bonds. The molecule has 3 aromatic rings. The fourth-order valence-electron chi connectivity index (χ4n) is 2.59. The third-order valence-corrected chi connectivity index (χ3v) is 5.18. The van der Waals surface area contributed by atoms with Crippen molar-refractivity contribution >= 4 is 15.7 Å². The van der Waals surface area contributed by atoms with Gasteiger partial charge in [-0.1, -0.05) is 25.1 Å². The number of benzene rings is 1. The van der Waals surface area contributed by atoms with Gasteiger partial charge in [0.1, 0.15) is 5.82 Å². The fraction of sp³-hybridized carbons (Fsp3) is 0.200. The van der Waals surface area contributed by atoms with Gasteiger partial charge in [-0.2, -0.15) is 0 Å². The molecule has 26 heavy (non-hydrogen) atoms. The van der Waals surface area contributed by atoms with Crippen LogP contribution in [-0.4, -0.2) is 24.6 Å². The van der Waals surface area contributed by atoms with Gasteiger partial charge < -0.3 is 5.32 Å². The Morgan fingerprint density at radius 3 is 2.42 bits per heavy atom. The van der Waals surface area contributed by atoms with E-state index in [9.17, 15) is 8.42 Å². The zero-order chi connectivity index (χ0) is 18.6. The Bertz CT molecular complexity index is 985. The summed E-state index contributed by atoms with van der Waals surface area (Å²) < 4.78 is 23.2. The second-order valence-corrected chi connectivity index (χ2v) is 8.09. The van der Waals surface area contributed by atoms with Gasteiger partial charge in [0.15, 0.2) is 9.84 Å². The monoisotopic (exact) mass is 367 g/mol. The highest BCUT2D eigenvalue weighted by Crippen LogP contribution is 2.23. The lowest BCUT2D eigenvalue weighted by molar-refractivity contribution is 0.602. The summed E-state index contributed by atoms with van der Waals surface area (Å²) in [5.41, 5.74) is 3.79. The van der Waals surface area contributed by atoms with Crippen molar-refractivity contribution in [1.82, 2.24) is 9.97 Å². The Kier molecular flexibility index (Phi) is 5.32. The van der Waals surface area contributed by atoms with Crippen molar-refractivity contribution < 1.29 is 8.42 Å². The van der Waals surface area contributed by atoms with Crippen molar-refractivity contribution in [1.29, 1.82) is 0 Å². The second-order valence-electron chi connectivity index (χ2n) is 6.07. The normalized spacial score (nSPS) is 11.3. The molecule has 5 nitrogen and oxygen atoms in total. The maximum Gasteiger partial charge on any atom is 0.175 e. The van der Waals surface area contributed by atoms with Gasteiger partial charge in [-0.05, 0) is 48.4 Å². The largest absolute Gasteiger partial charge is 0.364 e. The zero-order valence-electron chi connectivity index (χ0n) is 14.8. The number of hydrogen-bond donors (Lipinski definition) is 1. The molecule has 3 rings (SSSR count). The number of nitrogens with one attached hydrogen (secondary N) is 1. The van der Waals surface area contributed by atoms with Gasteiger partial charge in [0.25, 0.3) is 0 Å². The van der Waals surface area contributed by atoms with Crippen molar-refractivity contribution in [2.24, 2.45) is 0 Å². The van der Waals surface area contributed by atoms with E-state index in [0.717, 1.165) is 34.8 Å². The standard InChI is InChI=1S/C20H21N3O2S/c1-3-15-12-19(16-7-9-18(10-8-16)26(2,24)25)23-20(13-15)22-14-17-6-4-5-11-21-17/h4-13H,3,14H2,1-2H3,(H,22,23). The Labute approximate surface area is 154 Å². The summed E-state index contributed by atoms with van der Waals surface area (Å²) in [4.78, 5) is 9.28. The number of hydrogen-bond acceptors (Lipinski definition) is 5. The van der Waals surface area contributed by atoms with Crippen LogP contribution in [0, 0.1) is 0 Å². The molecule has 0 saturated heterocycles. The number of rotatable bonds is 6. The molecule has 6 heteroatoms. The molecule has 2 heterocycles. The highest BCUT2D eigenvalue weighted by atomic mass is 32.2. The lowest BCUT2D eigenvalue weighted by atomic mass is 10.1. The Morgan fingerprint density at radius 2 is 1.81 bits per heavy atom. The molecule has 0 aliphatic carbocycles. The number of aromatic nitrogens is 2. The van der Waals surface area contributed by atoms with Crippen molar-refractivity contribution in [3.05, 3.63) is 72.1 Å². The topological polar surface area (TPSA) is 72.0 Å². The minimum absolute atomic E-state index is 0.307. The zero-order valence-corrected chi connectivity index (χ0v) is 15.6. The summed E-state index contributed by atoms with van der Waals surface area (Å²) in [6, 6.07) is 16.7. The van der Waals surface area contributed by atoms with Crippen molar-refractivity contribution in [3.8, 4) is 11.3 Å². The molecule has 0 radical (unpaired) electrons. The fourth-order valence-corrected chi connectivity index (χ4v) is 3.22. The molecule has 0 saturated carbocycles. The quantitative estimate of drug-likeness (QED) is 0.719. The van der Waals surface area contributed by atoms with Crippen molar-refractivity contribution in [2.75, 3.05) is 11.6 Å². The lowest BCUT2D eigenvalue weighted by Gasteiger charge is -2.10. The average Bonchev–Trinajstić information content (AvgIpc) is 2.66. The molecule has 1 aromatic carbocycles. The van der Waals surface area contributed by atoms with Gasteiger partial charge in [-0.3, -0.25) is 4.98 Å². The number of aryl methyl sites for hydroxylation is 1. The number of nitrogens with zero attached hydrogens (tertiary/aromatic N) is 2. The van der Waals surface area contributed by atoms with Crippen LogP contribution in [0.4, 0.5) is 5.82 Å². The predicted octanol–water partition coefficient (Wildman–Crippen LogP) is 3.72. The van der Waals surface area contributed by atoms with Crippen molar-refractivity contribution in [3.63, 3.8) is 0 Å². The maximum absolute atomic E-state index is 11.6. The van der Waals surface area contributed by atoms with Gasteiger partial charge in [0.2, 0.25) is 0 Å². The summed E-state index contributed by atoms with van der Waals surface area (Å²) in [6.45, 7) is 2.68. The molecular weight excluding hydrogens is 346 g/mol. The molecule has 134 valence electrons. The SMILES string of the molecule is CCc1cc(NCc2ccccn2)nc(-c2ccc(S(C)(=O)=O)cc2)c1. The average molecular weight is 367 g/mol. The van der Waals surface area contributed by atoms with Crippen LogP contribution in [-0.2, 0) is 22.8 Å². The maximum atomic E-state index is 11.6. The molecule has 0 spiro atoms. The first-order valence-corrected chi connectivity index (χ1v) is 10.3. The molecule has 0 fully saturated rings. The third-order valence-electron chi connectivity index (χ3n) is 4.05. The van der Waals surface area contributed by atoms with Gasteiger partial charge in [0.05, 0.1) is 22.8 Å². The smallest absolute Gasteiger partial charge is 0.175 e. The van der Waals surface area contributed by atoms with Crippen LogP contribution in [0.2, 0.25) is 0 Å². The van der Waals surface area contributed by atoms with Crippen molar-refractivity contribution in [2.45, 2.75) is 24.8 Å². The van der Waals surface area contributed by atoms with Crippen LogP contribution in [0.1, 0.15) is 18.2 Å². The first-order valence-electron chi connectivity index (χ1n) is 8.41. The van der Waals surface area contributed by atoms with E-state index in [0.29, 0.717) is 11.4 Å². The first-order chi connectivity index (χ1) is 12.5. The summed E-state index contributed by atoms with van der Waals surface area (Å²) in [5, 5.41) is 3.31. The highest BCUT2D eigenvalue weighted by molar-refractivity contribution is 7.90. The third kappa shape index (κ3) is 4.46. The number of sulfone groups is 1. The van der Waals surface area contributed by atoms with Crippen LogP contribution in [0.3, 0.4) is 0 Å². The van der Waals surface area contributed by atoms with E-state index in [-0.39, 0.29) is 0 Å². The molecule has 0 aliphatic heterocycles. The minimum atomic E-state index is -3.20. The van der Waals surface area contributed by atoms with E-state index in [4.69, 9.17) is 0 Å². The number of anilines is 1. The van der Waals surface area contributed by atoms with E-state index in [2.05, 4.69) is 22.2 Å². The van der Waals surface area contributed by atoms with E-state index < -0.39 is 9.84 Å². The molecular formula is C20H21N3O2S. The predicted molar refractivity (Wildman–Crippen MR) is 104 cm³/mol. The van der Waals surface area contributed by atoms with Crippen LogP contribution in [0.15, 0.2) is 65.7 Å². The summed E-state index contributed by atoms with van der Waals surface area (Å²) in [7, 11) is -3.20. The van der Waals surface area contributed by atoms with Crippen LogP contribution in [0.25, 0.3) is 11.3 Å². The minimum Gasteiger partial charge on any atom is -0.364 e. The summed E-state index contributed by atoms with van der Waals surface area (Å²) in [6.07, 6.45) is 3.86. The molecule has 0 unspecified atom stereocenters. The molecule has 1 N–H and O–H groups in total. The Morgan fingerprint density at radius 1 is 1.04 bits per heavy atom. The van der Waals surface area contributed by atoms with Gasteiger partial charge in [-0.25, -0.2) is 13.4 Å². The molecule has 2 aromatic heterocycles. The van der Waals surface area contributed by atoms with Crippen LogP contribution < -0.4 is 5.32 Å². The van der Waals surface area contributed by atoms with Crippen LogP contribution >= 0.6 is 0 Å². The second kappa shape index (κ2) is 7.66. The van der Waals surface area contributed by atoms with E-state index >= 15 is 0 Å². The highest BCUT2D eigenvalue weighted by Gasteiger charge is 2.09. The van der Waals surface area contributed by atoms with Gasteiger partial charge >= 0.3 is 0 Å². The van der Waals surface area contributed by atoms with E-state index in [1.165, 1.54) is 6.26 Å². The van der Waals surface area contributed by atoms with Gasteiger partial charge in [0, 0.05) is 18.0 Å². The molecule has 0 aliphatic rings. The summed E-state index contributed by atoms with van der Waals surface area (Å²) in [5.74, 6) is 0.775. The number of pyridine rings is 2. The van der Waals surface area contributed by atoms with E-state index in [1.54, 1.807) is 30.5 Å². The van der Waals surface area contributed by atoms with E-state index in [1.807, 2.05) is 30.3 Å². The first kappa shape index (κ1) is 18.1. The Hall–Kier alpha value is -2.73. The van der Waals surface area contributed by atoms with Crippen LogP contribution in [0.5, 0.6) is 0 Å².